The van der Waals surface area contributed by atoms with Crippen LogP contribution in [0.25, 0.3) is 10.9 Å². The molecule has 0 aliphatic carbocycles. The highest BCUT2D eigenvalue weighted by atomic mass is 35.5. The first kappa shape index (κ1) is 25.9. The van der Waals surface area contributed by atoms with Crippen LogP contribution >= 0.6 is 11.6 Å². The number of nitrogens with zero attached hydrogens (tertiary/aromatic N) is 2. The molecule has 0 saturated carbocycles. The molecule has 3 aromatic rings. The van der Waals surface area contributed by atoms with E-state index in [2.05, 4.69) is 27.2 Å². The zero-order valence-electron chi connectivity index (χ0n) is 18.8. The van der Waals surface area contributed by atoms with Crippen LogP contribution in [0.5, 0.6) is 5.75 Å². The molecule has 0 aliphatic heterocycles. The van der Waals surface area contributed by atoms with E-state index >= 15 is 0 Å². The first-order valence-electron chi connectivity index (χ1n) is 10.9. The van der Waals surface area contributed by atoms with E-state index in [1.165, 1.54) is 24.5 Å². The second-order valence-electron chi connectivity index (χ2n) is 7.58. The third-order valence-electron chi connectivity index (χ3n) is 5.04. The number of carbonyl (C=O) groups excluding carboxylic acids is 2. The average molecular weight is 502 g/mol. The highest BCUT2D eigenvalue weighted by molar-refractivity contribution is 6.31. The van der Waals surface area contributed by atoms with Crippen molar-refractivity contribution in [1.29, 1.82) is 0 Å². The number of benzene rings is 2. The number of anilines is 3. The second kappa shape index (κ2) is 12.6. The first-order chi connectivity index (χ1) is 16.9. The largest absolute Gasteiger partial charge is 0.491 e. The minimum atomic E-state index is -0.531. The summed E-state index contributed by atoms with van der Waals surface area (Å²) in [6.45, 7) is 3.87. The molecule has 0 radical (unpaired) electrons. The summed E-state index contributed by atoms with van der Waals surface area (Å²) >= 11 is 5.88. The fourth-order valence-corrected chi connectivity index (χ4v) is 3.45. The monoisotopic (exact) mass is 501 g/mol. The van der Waals surface area contributed by atoms with Crippen molar-refractivity contribution >= 4 is 51.5 Å². The van der Waals surface area contributed by atoms with Crippen molar-refractivity contribution in [3.8, 4) is 5.75 Å². The molecule has 1 heterocycles. The van der Waals surface area contributed by atoms with Gasteiger partial charge in [-0.05, 0) is 43.2 Å². The van der Waals surface area contributed by atoms with E-state index in [1.54, 1.807) is 17.6 Å². The predicted octanol–water partition coefficient (Wildman–Crippen LogP) is 5.13. The Morgan fingerprint density at radius 1 is 1.14 bits per heavy atom. The molecule has 0 atom stereocenters. The van der Waals surface area contributed by atoms with Gasteiger partial charge in [0.15, 0.2) is 0 Å². The molecule has 0 spiro atoms. The van der Waals surface area contributed by atoms with Gasteiger partial charge in [0.25, 0.3) is 0 Å². The summed E-state index contributed by atoms with van der Waals surface area (Å²) in [4.78, 5) is 31.6. The van der Waals surface area contributed by atoms with Gasteiger partial charge >= 0.3 is 0 Å². The summed E-state index contributed by atoms with van der Waals surface area (Å²) < 4.78 is 19.4. The van der Waals surface area contributed by atoms with Crippen molar-refractivity contribution in [3.05, 3.63) is 60.2 Å². The molecule has 9 nitrogen and oxygen atoms in total. The maximum absolute atomic E-state index is 13.5. The maximum Gasteiger partial charge on any atom is 0.247 e. The summed E-state index contributed by atoms with van der Waals surface area (Å²) in [6.07, 6.45) is 5.83. The summed E-state index contributed by atoms with van der Waals surface area (Å²) in [6, 6.07) is 7.61. The Kier molecular flexibility index (Phi) is 9.33. The van der Waals surface area contributed by atoms with Crippen molar-refractivity contribution in [3.63, 3.8) is 0 Å². The van der Waals surface area contributed by atoms with Gasteiger partial charge in [-0.15, -0.1) is 0 Å². The third kappa shape index (κ3) is 7.36. The van der Waals surface area contributed by atoms with Gasteiger partial charge in [-0.25, -0.2) is 19.8 Å². The number of unbranched alkanes of at least 4 members (excludes halogenated alkanes) is 3. The van der Waals surface area contributed by atoms with Crippen molar-refractivity contribution in [1.82, 2.24) is 15.4 Å². The van der Waals surface area contributed by atoms with Crippen molar-refractivity contribution in [2.75, 3.05) is 17.2 Å². The van der Waals surface area contributed by atoms with Crippen molar-refractivity contribution in [2.45, 2.75) is 32.1 Å². The van der Waals surface area contributed by atoms with Crippen LogP contribution in [-0.2, 0) is 9.59 Å². The molecule has 2 amide bonds. The first-order valence-corrected chi connectivity index (χ1v) is 11.3. The molecular formula is C24H25ClFN5O4. The third-order valence-corrected chi connectivity index (χ3v) is 5.33. The van der Waals surface area contributed by atoms with Crippen LogP contribution < -0.4 is 20.9 Å². The Hall–Kier alpha value is -3.76. The van der Waals surface area contributed by atoms with Gasteiger partial charge in [-0.1, -0.05) is 31.0 Å². The van der Waals surface area contributed by atoms with E-state index in [-0.39, 0.29) is 11.4 Å². The topological polar surface area (TPSA) is 125 Å². The van der Waals surface area contributed by atoms with Gasteiger partial charge in [0.1, 0.15) is 23.7 Å². The van der Waals surface area contributed by atoms with Crippen molar-refractivity contribution in [2.24, 2.45) is 0 Å². The molecule has 0 saturated heterocycles. The zero-order valence-corrected chi connectivity index (χ0v) is 19.6. The van der Waals surface area contributed by atoms with Gasteiger partial charge in [0, 0.05) is 23.6 Å². The Labute approximate surface area is 206 Å². The Bertz CT molecular complexity index is 1220. The minimum Gasteiger partial charge on any atom is -0.491 e. The summed E-state index contributed by atoms with van der Waals surface area (Å²) in [5.41, 5.74) is 3.12. The van der Waals surface area contributed by atoms with Gasteiger partial charge < -0.3 is 15.4 Å². The highest BCUT2D eigenvalue weighted by Gasteiger charge is 2.13. The van der Waals surface area contributed by atoms with E-state index in [9.17, 15) is 14.0 Å². The van der Waals surface area contributed by atoms with E-state index in [4.69, 9.17) is 21.5 Å². The number of amides is 2. The number of rotatable bonds is 12. The highest BCUT2D eigenvalue weighted by Crippen LogP contribution is 2.34. The number of fused-ring (bicyclic) bond motifs is 1. The van der Waals surface area contributed by atoms with Gasteiger partial charge in [-0.3, -0.25) is 14.8 Å². The molecule has 2 aromatic carbocycles. The Morgan fingerprint density at radius 3 is 2.69 bits per heavy atom. The van der Waals surface area contributed by atoms with E-state index in [1.807, 2.05) is 0 Å². The Balaban J connectivity index is 1.76. The van der Waals surface area contributed by atoms with E-state index < -0.39 is 17.6 Å². The number of hydroxylamine groups is 1. The number of ether oxygens (including phenoxy) is 1. The van der Waals surface area contributed by atoms with Crippen LogP contribution in [0, 0.1) is 5.82 Å². The average Bonchev–Trinajstić information content (AvgIpc) is 2.85. The SMILES string of the molecule is C=CC(=O)Nc1cc2c(Nc3ccc(F)c(Cl)c3)ncnc2cc1OCCCCCCC(=O)NO. The van der Waals surface area contributed by atoms with Gasteiger partial charge in [0.2, 0.25) is 11.8 Å². The number of hydrogen-bond donors (Lipinski definition) is 4. The molecule has 0 bridgehead atoms. The number of halogens is 2. The number of nitrogens with one attached hydrogen (secondary N) is 3. The molecule has 4 N–H and O–H groups in total. The molecule has 0 fully saturated rings. The molecule has 184 valence electrons. The lowest BCUT2D eigenvalue weighted by Gasteiger charge is -2.15. The fourth-order valence-electron chi connectivity index (χ4n) is 3.27. The van der Waals surface area contributed by atoms with Crippen LogP contribution in [0.1, 0.15) is 32.1 Å². The Morgan fingerprint density at radius 2 is 1.94 bits per heavy atom. The lowest BCUT2D eigenvalue weighted by molar-refractivity contribution is -0.129. The summed E-state index contributed by atoms with van der Waals surface area (Å²) in [5.74, 6) is -0.477. The molecular weight excluding hydrogens is 477 g/mol. The standard InChI is InChI=1S/C24H25ClFN5O4/c1-2-22(32)30-20-12-16-19(13-21(20)35-10-6-4-3-5-7-23(33)31-34)27-14-28-24(16)29-15-8-9-18(26)17(25)11-15/h2,8-9,11-14,34H,1,3-7,10H2,(H,30,32)(H,31,33)(H,27,28,29). The fraction of sp³-hybridized carbons (Fsp3) is 0.250. The lowest BCUT2D eigenvalue weighted by atomic mass is 10.1. The number of hydrogen-bond acceptors (Lipinski definition) is 7. The normalized spacial score (nSPS) is 10.6. The second-order valence-corrected chi connectivity index (χ2v) is 7.99. The quantitative estimate of drug-likeness (QED) is 0.117. The number of carbonyl (C=O) groups is 2. The lowest BCUT2D eigenvalue weighted by Crippen LogP contribution is -2.17. The predicted molar refractivity (Wildman–Crippen MR) is 132 cm³/mol. The smallest absolute Gasteiger partial charge is 0.247 e. The van der Waals surface area contributed by atoms with Crippen LogP contribution in [-0.4, -0.2) is 33.6 Å². The van der Waals surface area contributed by atoms with Gasteiger partial charge in [0.05, 0.1) is 22.8 Å². The number of aromatic nitrogens is 2. The molecule has 1 aromatic heterocycles. The summed E-state index contributed by atoms with van der Waals surface area (Å²) in [7, 11) is 0. The zero-order chi connectivity index (χ0) is 25.2. The van der Waals surface area contributed by atoms with Crippen LogP contribution in [0.2, 0.25) is 5.02 Å². The van der Waals surface area contributed by atoms with E-state index in [0.717, 1.165) is 25.3 Å². The van der Waals surface area contributed by atoms with Crippen LogP contribution in [0.4, 0.5) is 21.6 Å². The molecule has 0 aliphatic rings. The maximum atomic E-state index is 13.5. The molecule has 3 rings (SSSR count). The molecule has 0 unspecified atom stereocenters. The van der Waals surface area contributed by atoms with Crippen LogP contribution in [0.3, 0.4) is 0 Å². The van der Waals surface area contributed by atoms with Crippen molar-refractivity contribution < 1.29 is 23.9 Å². The van der Waals surface area contributed by atoms with E-state index in [0.29, 0.717) is 46.9 Å². The molecule has 35 heavy (non-hydrogen) atoms. The minimum absolute atomic E-state index is 0.0281. The summed E-state index contributed by atoms with van der Waals surface area (Å²) in [5, 5.41) is 14.9. The van der Waals surface area contributed by atoms with Crippen LogP contribution in [0.15, 0.2) is 49.3 Å². The molecule has 11 heteroatoms. The van der Waals surface area contributed by atoms with Gasteiger partial charge in [-0.2, -0.15) is 0 Å².